The summed E-state index contributed by atoms with van der Waals surface area (Å²) >= 11 is 0. The van der Waals surface area contributed by atoms with E-state index < -0.39 is 0 Å². The van der Waals surface area contributed by atoms with Crippen molar-refractivity contribution < 1.29 is 4.74 Å². The van der Waals surface area contributed by atoms with Crippen LogP contribution in [0.3, 0.4) is 0 Å². The van der Waals surface area contributed by atoms with Crippen LogP contribution in [0.25, 0.3) is 0 Å². The lowest BCUT2D eigenvalue weighted by Gasteiger charge is -2.27. The van der Waals surface area contributed by atoms with Crippen molar-refractivity contribution >= 4 is 0 Å². The zero-order valence-electron chi connectivity index (χ0n) is 8.16. The molecule has 0 radical (unpaired) electrons. The SMILES string of the molecule is CC.c1cc(OC2CNC2)ccn1. The molecular weight excluding hydrogens is 164 g/mol. The Labute approximate surface area is 79.1 Å². The lowest BCUT2D eigenvalue weighted by Crippen LogP contribution is -2.50. The van der Waals surface area contributed by atoms with E-state index in [1.165, 1.54) is 0 Å². The van der Waals surface area contributed by atoms with Crippen LogP contribution in [0.15, 0.2) is 24.5 Å². The highest BCUT2D eigenvalue weighted by Gasteiger charge is 2.17. The molecule has 0 amide bonds. The van der Waals surface area contributed by atoms with E-state index in [0.717, 1.165) is 18.8 Å². The van der Waals surface area contributed by atoms with Gasteiger partial charge < -0.3 is 10.1 Å². The van der Waals surface area contributed by atoms with E-state index in [-0.39, 0.29) is 0 Å². The van der Waals surface area contributed by atoms with Crippen LogP contribution < -0.4 is 10.1 Å². The highest BCUT2D eigenvalue weighted by molar-refractivity contribution is 5.17. The second kappa shape index (κ2) is 5.54. The largest absolute Gasteiger partial charge is 0.488 e. The van der Waals surface area contributed by atoms with Crippen molar-refractivity contribution in [2.75, 3.05) is 13.1 Å². The highest BCUT2D eigenvalue weighted by atomic mass is 16.5. The summed E-state index contributed by atoms with van der Waals surface area (Å²) in [7, 11) is 0. The minimum absolute atomic E-state index is 0.359. The van der Waals surface area contributed by atoms with Gasteiger partial charge in [0.05, 0.1) is 0 Å². The summed E-state index contributed by atoms with van der Waals surface area (Å²) in [5.41, 5.74) is 0. The fourth-order valence-electron chi connectivity index (χ4n) is 0.955. The van der Waals surface area contributed by atoms with Gasteiger partial charge >= 0.3 is 0 Å². The Morgan fingerprint density at radius 2 is 1.92 bits per heavy atom. The summed E-state index contributed by atoms with van der Waals surface area (Å²) in [5, 5.41) is 3.14. The van der Waals surface area contributed by atoms with Crippen LogP contribution >= 0.6 is 0 Å². The minimum atomic E-state index is 0.359. The summed E-state index contributed by atoms with van der Waals surface area (Å²) in [6.07, 6.45) is 3.83. The van der Waals surface area contributed by atoms with E-state index >= 15 is 0 Å². The number of ether oxygens (including phenoxy) is 1. The van der Waals surface area contributed by atoms with E-state index in [0.29, 0.717) is 6.10 Å². The van der Waals surface area contributed by atoms with Crippen LogP contribution in [0, 0.1) is 0 Å². The molecule has 0 spiro atoms. The molecule has 72 valence electrons. The molecule has 0 bridgehead atoms. The van der Waals surface area contributed by atoms with Crippen molar-refractivity contribution in [3.63, 3.8) is 0 Å². The zero-order chi connectivity index (χ0) is 9.52. The van der Waals surface area contributed by atoms with Crippen molar-refractivity contribution in [2.24, 2.45) is 0 Å². The third-order valence-corrected chi connectivity index (χ3v) is 1.70. The Hall–Kier alpha value is -1.09. The Morgan fingerprint density at radius 3 is 2.38 bits per heavy atom. The van der Waals surface area contributed by atoms with Gasteiger partial charge in [-0.25, -0.2) is 0 Å². The predicted octanol–water partition coefficient (Wildman–Crippen LogP) is 1.46. The molecule has 0 aliphatic carbocycles. The summed E-state index contributed by atoms with van der Waals surface area (Å²) in [6, 6.07) is 3.75. The monoisotopic (exact) mass is 180 g/mol. The van der Waals surface area contributed by atoms with E-state index in [9.17, 15) is 0 Å². The van der Waals surface area contributed by atoms with Crippen molar-refractivity contribution in [2.45, 2.75) is 20.0 Å². The minimum Gasteiger partial charge on any atom is -0.488 e. The van der Waals surface area contributed by atoms with Crippen LogP contribution in [-0.2, 0) is 0 Å². The Balaban J connectivity index is 0.000000396. The molecule has 1 aromatic rings. The molecule has 1 aliphatic rings. The maximum Gasteiger partial charge on any atom is 0.123 e. The zero-order valence-corrected chi connectivity index (χ0v) is 8.16. The molecule has 0 aromatic carbocycles. The molecule has 2 rings (SSSR count). The molecule has 2 heterocycles. The van der Waals surface area contributed by atoms with Gasteiger partial charge in [-0.3, -0.25) is 4.98 Å². The summed E-state index contributed by atoms with van der Waals surface area (Å²) in [4.78, 5) is 3.90. The van der Waals surface area contributed by atoms with Gasteiger partial charge in [0.15, 0.2) is 0 Å². The molecule has 0 unspecified atom stereocenters. The van der Waals surface area contributed by atoms with Gasteiger partial charge in [0, 0.05) is 25.5 Å². The Morgan fingerprint density at radius 1 is 1.31 bits per heavy atom. The Kier molecular flexibility index (Phi) is 4.26. The third kappa shape index (κ3) is 3.03. The van der Waals surface area contributed by atoms with Crippen LogP contribution in [0.5, 0.6) is 5.75 Å². The van der Waals surface area contributed by atoms with E-state index in [4.69, 9.17) is 4.74 Å². The maximum atomic E-state index is 5.55. The molecule has 0 atom stereocenters. The van der Waals surface area contributed by atoms with Crippen molar-refractivity contribution in [1.82, 2.24) is 10.3 Å². The quantitative estimate of drug-likeness (QED) is 0.748. The van der Waals surface area contributed by atoms with Crippen LogP contribution in [-0.4, -0.2) is 24.2 Å². The second-order valence-electron chi connectivity index (χ2n) is 2.58. The number of nitrogens with zero attached hydrogens (tertiary/aromatic N) is 1. The number of hydrogen-bond donors (Lipinski definition) is 1. The molecule has 3 heteroatoms. The van der Waals surface area contributed by atoms with Crippen molar-refractivity contribution in [3.05, 3.63) is 24.5 Å². The fraction of sp³-hybridized carbons (Fsp3) is 0.500. The molecule has 0 saturated carbocycles. The number of hydrogen-bond acceptors (Lipinski definition) is 3. The topological polar surface area (TPSA) is 34.1 Å². The first-order valence-corrected chi connectivity index (χ1v) is 4.72. The van der Waals surface area contributed by atoms with Gasteiger partial charge in [0.1, 0.15) is 11.9 Å². The van der Waals surface area contributed by atoms with Gasteiger partial charge in [-0.1, -0.05) is 13.8 Å². The summed E-state index contributed by atoms with van der Waals surface area (Å²) in [6.45, 7) is 5.92. The normalized spacial score (nSPS) is 15.2. The van der Waals surface area contributed by atoms with Gasteiger partial charge in [0.2, 0.25) is 0 Å². The lowest BCUT2D eigenvalue weighted by atomic mass is 10.2. The van der Waals surface area contributed by atoms with Gasteiger partial charge in [-0.05, 0) is 12.1 Å². The van der Waals surface area contributed by atoms with E-state index in [2.05, 4.69) is 10.3 Å². The predicted molar refractivity (Wildman–Crippen MR) is 52.9 cm³/mol. The number of nitrogens with one attached hydrogen (secondary N) is 1. The van der Waals surface area contributed by atoms with E-state index in [1.807, 2.05) is 26.0 Å². The maximum absolute atomic E-state index is 5.55. The number of aromatic nitrogens is 1. The first kappa shape index (κ1) is 9.99. The third-order valence-electron chi connectivity index (χ3n) is 1.70. The summed E-state index contributed by atoms with van der Waals surface area (Å²) < 4.78 is 5.55. The second-order valence-corrected chi connectivity index (χ2v) is 2.58. The Bertz CT molecular complexity index is 222. The van der Waals surface area contributed by atoms with Crippen LogP contribution in [0.2, 0.25) is 0 Å². The average Bonchev–Trinajstić information content (AvgIpc) is 2.17. The highest BCUT2D eigenvalue weighted by Crippen LogP contribution is 2.10. The van der Waals surface area contributed by atoms with Gasteiger partial charge in [-0.2, -0.15) is 0 Å². The van der Waals surface area contributed by atoms with E-state index in [1.54, 1.807) is 12.4 Å². The lowest BCUT2D eigenvalue weighted by molar-refractivity contribution is 0.142. The molecule has 1 N–H and O–H groups in total. The molecule has 1 aromatic heterocycles. The standard InChI is InChI=1S/C8H10N2O.C2H6/c1-3-9-4-2-7(1)11-8-5-10-6-8;1-2/h1-4,8,10H,5-6H2;1-2H3. The number of pyridine rings is 1. The number of rotatable bonds is 2. The molecule has 1 fully saturated rings. The molecule has 13 heavy (non-hydrogen) atoms. The fourth-order valence-corrected chi connectivity index (χ4v) is 0.955. The van der Waals surface area contributed by atoms with Gasteiger partial charge in [0.25, 0.3) is 0 Å². The molecule has 1 aliphatic heterocycles. The molecular formula is C10H16N2O. The van der Waals surface area contributed by atoms with Crippen LogP contribution in [0.1, 0.15) is 13.8 Å². The van der Waals surface area contributed by atoms with Gasteiger partial charge in [-0.15, -0.1) is 0 Å². The molecule has 1 saturated heterocycles. The van der Waals surface area contributed by atoms with Crippen molar-refractivity contribution in [1.29, 1.82) is 0 Å². The molecule has 3 nitrogen and oxygen atoms in total. The first-order valence-electron chi connectivity index (χ1n) is 4.72. The smallest absolute Gasteiger partial charge is 0.123 e. The average molecular weight is 180 g/mol. The first-order chi connectivity index (χ1) is 6.45. The van der Waals surface area contributed by atoms with Crippen LogP contribution in [0.4, 0.5) is 0 Å². The van der Waals surface area contributed by atoms with Crippen molar-refractivity contribution in [3.8, 4) is 5.75 Å². The summed E-state index contributed by atoms with van der Waals surface area (Å²) in [5.74, 6) is 0.909.